The molecular formula is C29H31N3O6. The molecule has 9 heteroatoms. The first-order chi connectivity index (χ1) is 18.4. The van der Waals surface area contributed by atoms with E-state index in [0.717, 1.165) is 5.56 Å². The number of urea groups is 1. The maximum Gasteiger partial charge on any atom is 0.339 e. The highest BCUT2D eigenvalue weighted by atomic mass is 16.5. The lowest BCUT2D eigenvalue weighted by molar-refractivity contribution is 0.0601. The van der Waals surface area contributed by atoms with Gasteiger partial charge < -0.3 is 30.1 Å². The van der Waals surface area contributed by atoms with Crippen molar-refractivity contribution in [2.24, 2.45) is 0 Å². The Hall–Kier alpha value is -4.37. The van der Waals surface area contributed by atoms with E-state index in [9.17, 15) is 19.5 Å². The van der Waals surface area contributed by atoms with Gasteiger partial charge in [0.05, 0.1) is 30.5 Å². The zero-order valence-electron chi connectivity index (χ0n) is 21.1. The smallest absolute Gasteiger partial charge is 0.339 e. The maximum atomic E-state index is 13.0. The van der Waals surface area contributed by atoms with Crippen LogP contribution in [0.2, 0.25) is 0 Å². The van der Waals surface area contributed by atoms with Gasteiger partial charge >= 0.3 is 12.0 Å². The number of benzene rings is 3. The van der Waals surface area contributed by atoms with Gasteiger partial charge in [-0.1, -0.05) is 42.5 Å². The van der Waals surface area contributed by atoms with E-state index in [1.807, 2.05) is 30.3 Å². The maximum absolute atomic E-state index is 13.0. The number of hydrogen-bond donors (Lipinski definition) is 3. The van der Waals surface area contributed by atoms with E-state index in [1.54, 1.807) is 48.5 Å². The van der Waals surface area contributed by atoms with Gasteiger partial charge in [-0.05, 0) is 54.8 Å². The summed E-state index contributed by atoms with van der Waals surface area (Å²) < 4.78 is 10.6. The molecule has 9 nitrogen and oxygen atoms in total. The average molecular weight is 518 g/mol. The molecule has 38 heavy (non-hydrogen) atoms. The zero-order valence-corrected chi connectivity index (χ0v) is 21.1. The second-order valence-corrected chi connectivity index (χ2v) is 9.00. The molecule has 4 rings (SSSR count). The van der Waals surface area contributed by atoms with Gasteiger partial charge in [0.2, 0.25) is 0 Å². The van der Waals surface area contributed by atoms with Crippen molar-refractivity contribution in [2.45, 2.75) is 31.6 Å². The minimum absolute atomic E-state index is 0.109. The number of rotatable bonds is 7. The second-order valence-electron chi connectivity index (χ2n) is 9.00. The molecule has 0 spiro atoms. The van der Waals surface area contributed by atoms with Crippen molar-refractivity contribution >= 4 is 23.6 Å². The first kappa shape index (κ1) is 26.7. The summed E-state index contributed by atoms with van der Waals surface area (Å²) in [5.41, 5.74) is 2.01. The predicted molar refractivity (Wildman–Crippen MR) is 142 cm³/mol. The Balaban J connectivity index is 1.37. The van der Waals surface area contributed by atoms with E-state index in [-0.39, 0.29) is 18.0 Å². The highest BCUT2D eigenvalue weighted by Gasteiger charge is 2.30. The van der Waals surface area contributed by atoms with Crippen LogP contribution in [0.15, 0.2) is 78.9 Å². The number of aliphatic hydroxyl groups is 1. The van der Waals surface area contributed by atoms with Crippen LogP contribution < -0.4 is 15.4 Å². The molecule has 3 N–H and O–H groups in total. The summed E-state index contributed by atoms with van der Waals surface area (Å²) in [5.74, 6) is -0.286. The van der Waals surface area contributed by atoms with Gasteiger partial charge in [0, 0.05) is 18.7 Å². The average Bonchev–Trinajstić information content (AvgIpc) is 3.13. The van der Waals surface area contributed by atoms with Crippen LogP contribution in [0.1, 0.15) is 39.1 Å². The minimum Gasteiger partial charge on any atom is -0.489 e. The van der Waals surface area contributed by atoms with Crippen LogP contribution in [0.5, 0.6) is 5.75 Å². The van der Waals surface area contributed by atoms with Crippen LogP contribution in [0.25, 0.3) is 0 Å². The molecular weight excluding hydrogens is 486 g/mol. The van der Waals surface area contributed by atoms with Crippen molar-refractivity contribution in [1.82, 2.24) is 10.2 Å². The number of para-hydroxylation sites is 1. The topological polar surface area (TPSA) is 117 Å². The van der Waals surface area contributed by atoms with E-state index in [4.69, 9.17) is 9.47 Å². The van der Waals surface area contributed by atoms with Crippen molar-refractivity contribution in [1.29, 1.82) is 0 Å². The van der Waals surface area contributed by atoms with Gasteiger partial charge in [0.15, 0.2) is 0 Å². The zero-order chi connectivity index (χ0) is 26.9. The number of methoxy groups -OCH3 is 1. The van der Waals surface area contributed by atoms with Crippen molar-refractivity contribution in [3.8, 4) is 5.75 Å². The molecule has 3 aromatic carbocycles. The van der Waals surface area contributed by atoms with Crippen molar-refractivity contribution in [2.75, 3.05) is 25.5 Å². The number of carbonyl (C=O) groups excluding carboxylic acids is 3. The summed E-state index contributed by atoms with van der Waals surface area (Å²) in [6, 6.07) is 22.0. The van der Waals surface area contributed by atoms with Crippen LogP contribution in [-0.2, 0) is 11.3 Å². The Bertz CT molecular complexity index is 1250. The summed E-state index contributed by atoms with van der Waals surface area (Å²) in [5, 5.41) is 16.3. The Morgan fingerprint density at radius 3 is 2.42 bits per heavy atom. The van der Waals surface area contributed by atoms with Gasteiger partial charge in [0.1, 0.15) is 12.4 Å². The third-order valence-corrected chi connectivity index (χ3v) is 6.35. The quantitative estimate of drug-likeness (QED) is 0.410. The number of hydrogen-bond acceptors (Lipinski definition) is 6. The highest BCUT2D eigenvalue weighted by Crippen LogP contribution is 2.19. The fraction of sp³-hybridized carbons (Fsp3) is 0.276. The van der Waals surface area contributed by atoms with Gasteiger partial charge in [-0.25, -0.2) is 9.59 Å². The lowest BCUT2D eigenvalue weighted by atomic mass is 10.1. The Kier molecular flexibility index (Phi) is 8.94. The fourth-order valence-electron chi connectivity index (χ4n) is 4.24. The molecule has 3 aromatic rings. The van der Waals surface area contributed by atoms with E-state index in [0.29, 0.717) is 43.0 Å². The number of amides is 3. The van der Waals surface area contributed by atoms with Crippen molar-refractivity contribution in [3.05, 3.63) is 95.6 Å². The number of nitrogens with zero attached hydrogens (tertiary/aromatic N) is 1. The molecule has 1 fully saturated rings. The first-order valence-electron chi connectivity index (χ1n) is 12.4. The van der Waals surface area contributed by atoms with Gasteiger partial charge in [-0.15, -0.1) is 0 Å². The number of anilines is 1. The Morgan fingerprint density at radius 1 is 0.974 bits per heavy atom. The summed E-state index contributed by atoms with van der Waals surface area (Å²) >= 11 is 0. The van der Waals surface area contributed by atoms with Crippen LogP contribution >= 0.6 is 0 Å². The number of esters is 1. The van der Waals surface area contributed by atoms with E-state index >= 15 is 0 Å². The molecule has 0 radical (unpaired) electrons. The number of likely N-dealkylation sites (tertiary alicyclic amines) is 1. The Labute approximate surface area is 221 Å². The van der Waals surface area contributed by atoms with Gasteiger partial charge in [-0.2, -0.15) is 0 Å². The summed E-state index contributed by atoms with van der Waals surface area (Å²) in [6.45, 7) is 0.920. The second kappa shape index (κ2) is 12.7. The molecule has 2 atom stereocenters. The predicted octanol–water partition coefficient (Wildman–Crippen LogP) is 3.84. The van der Waals surface area contributed by atoms with Crippen LogP contribution in [0.4, 0.5) is 10.5 Å². The van der Waals surface area contributed by atoms with E-state index in [1.165, 1.54) is 12.0 Å². The summed E-state index contributed by atoms with van der Waals surface area (Å²) in [6.07, 6.45) is 0.180. The third kappa shape index (κ3) is 6.89. The molecule has 0 bridgehead atoms. The SMILES string of the molecule is COC(=O)c1ccccc1NC(=O)N1CCC[C@@H](O)[C@H](NC(=O)c2ccc(OCc3ccccc3)cc2)C1. The number of carbonyl (C=O) groups is 3. The van der Waals surface area contributed by atoms with Crippen molar-refractivity contribution < 1.29 is 29.0 Å². The molecule has 1 saturated heterocycles. The molecule has 1 heterocycles. The summed E-state index contributed by atoms with van der Waals surface area (Å²) in [4.78, 5) is 39.6. The third-order valence-electron chi connectivity index (χ3n) is 6.35. The van der Waals surface area contributed by atoms with E-state index in [2.05, 4.69) is 10.6 Å². The molecule has 3 amide bonds. The molecule has 0 aliphatic carbocycles. The molecule has 198 valence electrons. The van der Waals surface area contributed by atoms with Crippen LogP contribution in [0, 0.1) is 0 Å². The van der Waals surface area contributed by atoms with Gasteiger partial charge in [-0.3, -0.25) is 4.79 Å². The minimum atomic E-state index is -0.812. The van der Waals surface area contributed by atoms with Crippen molar-refractivity contribution in [3.63, 3.8) is 0 Å². The lowest BCUT2D eigenvalue weighted by Gasteiger charge is -2.27. The molecule has 1 aliphatic rings. The molecule has 0 saturated carbocycles. The number of aliphatic hydroxyl groups excluding tert-OH is 1. The first-order valence-corrected chi connectivity index (χ1v) is 12.4. The monoisotopic (exact) mass is 517 g/mol. The lowest BCUT2D eigenvalue weighted by Crippen LogP contribution is -2.50. The normalized spacial score (nSPS) is 17.2. The van der Waals surface area contributed by atoms with Crippen LogP contribution in [-0.4, -0.2) is 60.3 Å². The largest absolute Gasteiger partial charge is 0.489 e. The number of ether oxygens (including phenoxy) is 2. The molecule has 1 aliphatic heterocycles. The molecule has 0 aromatic heterocycles. The standard InChI is InChI=1S/C29H31N3O6/c1-37-28(35)23-10-5-6-11-24(23)31-29(36)32-17-7-12-26(33)25(18-32)30-27(34)21-13-15-22(16-14-21)38-19-20-8-3-2-4-9-20/h2-6,8-11,13-16,25-26,33H,7,12,17-19H2,1H3,(H,30,34)(H,31,36)/t25-,26-/m1/s1. The van der Waals surface area contributed by atoms with E-state index < -0.39 is 24.1 Å². The van der Waals surface area contributed by atoms with Gasteiger partial charge in [0.25, 0.3) is 5.91 Å². The number of nitrogens with one attached hydrogen (secondary N) is 2. The molecule has 0 unspecified atom stereocenters. The Morgan fingerprint density at radius 2 is 1.68 bits per heavy atom. The fourth-order valence-corrected chi connectivity index (χ4v) is 4.24. The summed E-state index contributed by atoms with van der Waals surface area (Å²) in [7, 11) is 1.27. The van der Waals surface area contributed by atoms with Crippen LogP contribution in [0.3, 0.4) is 0 Å². The highest BCUT2D eigenvalue weighted by molar-refractivity contribution is 6.00.